The lowest BCUT2D eigenvalue weighted by Crippen LogP contribution is -2.35. The smallest absolute Gasteiger partial charge is 0.151 e. The van der Waals surface area contributed by atoms with E-state index in [-0.39, 0.29) is 6.04 Å². The first kappa shape index (κ1) is 16.3. The number of benzene rings is 1. The van der Waals surface area contributed by atoms with Gasteiger partial charge >= 0.3 is 0 Å². The van der Waals surface area contributed by atoms with Gasteiger partial charge in [0.1, 0.15) is 5.75 Å². The lowest BCUT2D eigenvalue weighted by molar-refractivity contribution is 0.414. The Balaban J connectivity index is 3.19. The second-order valence-electron chi connectivity index (χ2n) is 4.46. The molecule has 0 saturated carbocycles. The third-order valence-electron chi connectivity index (χ3n) is 3.11. The number of hydrogen-bond acceptors (Lipinski definition) is 4. The van der Waals surface area contributed by atoms with E-state index >= 15 is 0 Å². The van der Waals surface area contributed by atoms with E-state index in [9.17, 15) is 8.42 Å². The van der Waals surface area contributed by atoms with E-state index < -0.39 is 15.1 Å². The van der Waals surface area contributed by atoms with Gasteiger partial charge in [-0.15, -0.1) is 0 Å². The fourth-order valence-electron chi connectivity index (χ4n) is 1.88. The Hall–Kier alpha value is -0.780. The maximum Gasteiger partial charge on any atom is 0.151 e. The van der Waals surface area contributed by atoms with Crippen LogP contribution in [0.3, 0.4) is 0 Å². The Bertz CT molecular complexity index is 531. The summed E-state index contributed by atoms with van der Waals surface area (Å²) in [5.41, 5.74) is 0.766. The first-order chi connectivity index (χ1) is 8.81. The highest BCUT2D eigenvalue weighted by Crippen LogP contribution is 2.31. The standard InChI is InChI=1S/C13H20ClNO3S/c1-5-15-13(9(2)19(4,16)17)11-7-6-10(18-3)8-12(11)14/h6-9,13,15H,5H2,1-4H3. The van der Waals surface area contributed by atoms with E-state index in [2.05, 4.69) is 5.32 Å². The van der Waals surface area contributed by atoms with Crippen LogP contribution in [-0.4, -0.2) is 33.6 Å². The second kappa shape index (κ2) is 6.59. The highest BCUT2D eigenvalue weighted by atomic mass is 35.5. The van der Waals surface area contributed by atoms with Crippen molar-refractivity contribution in [3.63, 3.8) is 0 Å². The number of sulfone groups is 1. The summed E-state index contributed by atoms with van der Waals surface area (Å²) >= 11 is 6.22. The predicted octanol–water partition coefficient (Wildman–Crippen LogP) is 2.43. The van der Waals surface area contributed by atoms with Crippen LogP contribution in [0.1, 0.15) is 25.5 Å². The predicted molar refractivity (Wildman–Crippen MR) is 78.7 cm³/mol. The molecule has 0 amide bonds. The zero-order chi connectivity index (χ0) is 14.6. The van der Waals surface area contributed by atoms with Crippen LogP contribution in [0.4, 0.5) is 0 Å². The van der Waals surface area contributed by atoms with Crippen LogP contribution in [-0.2, 0) is 9.84 Å². The molecule has 2 atom stereocenters. The number of halogens is 1. The molecule has 0 aliphatic rings. The molecule has 1 N–H and O–H groups in total. The molecule has 0 spiro atoms. The van der Waals surface area contributed by atoms with Gasteiger partial charge in [-0.05, 0) is 31.2 Å². The summed E-state index contributed by atoms with van der Waals surface area (Å²) in [7, 11) is -1.60. The summed E-state index contributed by atoms with van der Waals surface area (Å²) in [5, 5.41) is 3.12. The average Bonchev–Trinajstić information content (AvgIpc) is 2.34. The van der Waals surface area contributed by atoms with Crippen molar-refractivity contribution in [3.8, 4) is 5.75 Å². The normalized spacial score (nSPS) is 15.0. The zero-order valence-electron chi connectivity index (χ0n) is 11.6. The maximum atomic E-state index is 11.7. The van der Waals surface area contributed by atoms with Gasteiger partial charge in [0.15, 0.2) is 9.84 Å². The lowest BCUT2D eigenvalue weighted by atomic mass is 10.0. The van der Waals surface area contributed by atoms with Gasteiger partial charge in [0, 0.05) is 11.3 Å². The fraction of sp³-hybridized carbons (Fsp3) is 0.538. The van der Waals surface area contributed by atoms with Gasteiger partial charge in [0.25, 0.3) is 0 Å². The second-order valence-corrected chi connectivity index (χ2v) is 7.27. The van der Waals surface area contributed by atoms with Crippen LogP contribution < -0.4 is 10.1 Å². The van der Waals surface area contributed by atoms with Gasteiger partial charge in [-0.3, -0.25) is 0 Å². The molecule has 0 fully saturated rings. The molecule has 4 nitrogen and oxygen atoms in total. The Labute approximate surface area is 120 Å². The van der Waals surface area contributed by atoms with E-state index in [1.54, 1.807) is 32.2 Å². The third-order valence-corrected chi connectivity index (χ3v) is 5.06. The minimum Gasteiger partial charge on any atom is -0.497 e. The zero-order valence-corrected chi connectivity index (χ0v) is 13.2. The van der Waals surface area contributed by atoms with E-state index in [1.165, 1.54) is 6.26 Å². The molecular weight excluding hydrogens is 286 g/mol. The molecule has 6 heteroatoms. The molecule has 0 bridgehead atoms. The molecule has 0 saturated heterocycles. The van der Waals surface area contributed by atoms with Gasteiger partial charge in [-0.1, -0.05) is 24.6 Å². The van der Waals surface area contributed by atoms with Gasteiger partial charge in [0.2, 0.25) is 0 Å². The van der Waals surface area contributed by atoms with Crippen molar-refractivity contribution in [2.24, 2.45) is 0 Å². The molecule has 1 aromatic carbocycles. The molecule has 2 unspecified atom stereocenters. The fourth-order valence-corrected chi connectivity index (χ4v) is 2.91. The molecule has 0 aromatic heterocycles. The minimum atomic E-state index is -3.16. The number of rotatable bonds is 6. The van der Waals surface area contributed by atoms with E-state index in [0.29, 0.717) is 17.3 Å². The van der Waals surface area contributed by atoms with Crippen LogP contribution in [0, 0.1) is 0 Å². The van der Waals surface area contributed by atoms with Crippen molar-refractivity contribution in [2.45, 2.75) is 25.1 Å². The van der Waals surface area contributed by atoms with Crippen molar-refractivity contribution in [3.05, 3.63) is 28.8 Å². The van der Waals surface area contributed by atoms with Crippen LogP contribution in [0.15, 0.2) is 18.2 Å². The maximum absolute atomic E-state index is 11.7. The molecule has 108 valence electrons. The SMILES string of the molecule is CCNC(c1ccc(OC)cc1Cl)C(C)S(C)(=O)=O. The quantitative estimate of drug-likeness (QED) is 0.877. The van der Waals surface area contributed by atoms with Gasteiger partial charge in [-0.25, -0.2) is 8.42 Å². The first-order valence-electron chi connectivity index (χ1n) is 6.07. The van der Waals surface area contributed by atoms with Crippen LogP contribution in [0.2, 0.25) is 5.02 Å². The molecule has 0 radical (unpaired) electrons. The van der Waals surface area contributed by atoms with E-state index in [0.717, 1.165) is 5.56 Å². The van der Waals surface area contributed by atoms with Gasteiger partial charge in [-0.2, -0.15) is 0 Å². The lowest BCUT2D eigenvalue weighted by Gasteiger charge is -2.25. The largest absolute Gasteiger partial charge is 0.497 e. The highest BCUT2D eigenvalue weighted by Gasteiger charge is 2.28. The molecule has 0 aliphatic carbocycles. The van der Waals surface area contributed by atoms with Crippen LogP contribution in [0.5, 0.6) is 5.75 Å². The van der Waals surface area contributed by atoms with Gasteiger partial charge < -0.3 is 10.1 Å². The Kier molecular flexibility index (Phi) is 5.64. The van der Waals surface area contributed by atoms with E-state index in [1.807, 2.05) is 6.92 Å². The Morgan fingerprint density at radius 3 is 2.47 bits per heavy atom. The first-order valence-corrected chi connectivity index (χ1v) is 8.40. The minimum absolute atomic E-state index is 0.335. The summed E-state index contributed by atoms with van der Waals surface area (Å²) in [5.74, 6) is 0.649. The topological polar surface area (TPSA) is 55.4 Å². The van der Waals surface area contributed by atoms with E-state index in [4.69, 9.17) is 16.3 Å². The number of ether oxygens (including phenoxy) is 1. The molecule has 1 rings (SSSR count). The summed E-state index contributed by atoms with van der Waals surface area (Å²) in [6.07, 6.45) is 1.24. The van der Waals surface area contributed by atoms with Crippen molar-refractivity contribution >= 4 is 21.4 Å². The summed E-state index contributed by atoms with van der Waals surface area (Å²) < 4.78 is 28.6. The van der Waals surface area contributed by atoms with Crippen molar-refractivity contribution < 1.29 is 13.2 Å². The molecular formula is C13H20ClNO3S. The van der Waals surface area contributed by atoms with Crippen LogP contribution in [0.25, 0.3) is 0 Å². The third kappa shape index (κ3) is 4.09. The molecule has 0 aliphatic heterocycles. The summed E-state index contributed by atoms with van der Waals surface area (Å²) in [4.78, 5) is 0. The summed E-state index contributed by atoms with van der Waals surface area (Å²) in [6.45, 7) is 4.27. The molecule has 1 aromatic rings. The molecule has 0 heterocycles. The van der Waals surface area contributed by atoms with Crippen molar-refractivity contribution in [1.29, 1.82) is 0 Å². The number of hydrogen-bond donors (Lipinski definition) is 1. The Morgan fingerprint density at radius 1 is 1.42 bits per heavy atom. The average molecular weight is 306 g/mol. The number of methoxy groups -OCH3 is 1. The monoisotopic (exact) mass is 305 g/mol. The highest BCUT2D eigenvalue weighted by molar-refractivity contribution is 7.91. The number of nitrogens with one attached hydrogen (secondary N) is 1. The van der Waals surface area contributed by atoms with Crippen molar-refractivity contribution in [2.75, 3.05) is 19.9 Å². The Morgan fingerprint density at radius 2 is 2.05 bits per heavy atom. The van der Waals surface area contributed by atoms with Crippen LogP contribution >= 0.6 is 11.6 Å². The molecule has 19 heavy (non-hydrogen) atoms. The van der Waals surface area contributed by atoms with Gasteiger partial charge in [0.05, 0.1) is 18.4 Å². The van der Waals surface area contributed by atoms with Crippen molar-refractivity contribution in [1.82, 2.24) is 5.32 Å². The summed E-state index contributed by atoms with van der Waals surface area (Å²) in [6, 6.07) is 4.94.